The molecular formula is C17H17ClN4O2. The third kappa shape index (κ3) is 3.83. The lowest BCUT2D eigenvalue weighted by Crippen LogP contribution is -2.51. The number of anilines is 1. The highest BCUT2D eigenvalue weighted by molar-refractivity contribution is 6.30. The summed E-state index contributed by atoms with van der Waals surface area (Å²) in [5, 5.41) is 3.45. The van der Waals surface area contributed by atoms with Gasteiger partial charge in [-0.3, -0.25) is 9.78 Å². The first-order valence-electron chi connectivity index (χ1n) is 7.65. The highest BCUT2D eigenvalue weighted by Crippen LogP contribution is 2.14. The first-order valence-corrected chi connectivity index (χ1v) is 8.03. The summed E-state index contributed by atoms with van der Waals surface area (Å²) in [5.74, 6) is -0.103. The van der Waals surface area contributed by atoms with Crippen LogP contribution in [-0.4, -0.2) is 52.9 Å². The Morgan fingerprint density at radius 3 is 2.25 bits per heavy atom. The molecule has 0 bridgehead atoms. The van der Waals surface area contributed by atoms with Crippen molar-refractivity contribution in [2.75, 3.05) is 31.5 Å². The van der Waals surface area contributed by atoms with Gasteiger partial charge in [-0.05, 0) is 36.4 Å². The Morgan fingerprint density at radius 1 is 0.958 bits per heavy atom. The van der Waals surface area contributed by atoms with Crippen LogP contribution in [0.1, 0.15) is 10.5 Å². The number of carbonyl (C=O) groups excluding carboxylic acids is 2. The first-order chi connectivity index (χ1) is 11.6. The summed E-state index contributed by atoms with van der Waals surface area (Å²) >= 11 is 5.83. The number of aromatic nitrogens is 1. The van der Waals surface area contributed by atoms with Crippen molar-refractivity contribution in [3.8, 4) is 0 Å². The molecule has 124 valence electrons. The van der Waals surface area contributed by atoms with E-state index in [0.29, 0.717) is 42.6 Å². The van der Waals surface area contributed by atoms with Crippen LogP contribution in [0.2, 0.25) is 5.02 Å². The number of piperazine rings is 1. The van der Waals surface area contributed by atoms with Crippen LogP contribution >= 0.6 is 11.6 Å². The molecule has 1 aliphatic rings. The monoisotopic (exact) mass is 344 g/mol. The van der Waals surface area contributed by atoms with Crippen LogP contribution in [0.3, 0.4) is 0 Å². The Bertz CT molecular complexity index is 713. The molecule has 24 heavy (non-hydrogen) atoms. The topological polar surface area (TPSA) is 65.5 Å². The predicted octanol–water partition coefficient (Wildman–Crippen LogP) is 2.72. The lowest BCUT2D eigenvalue weighted by atomic mass is 10.2. The molecular weight excluding hydrogens is 328 g/mol. The van der Waals surface area contributed by atoms with Crippen molar-refractivity contribution >= 4 is 29.2 Å². The molecule has 1 aromatic heterocycles. The van der Waals surface area contributed by atoms with Crippen molar-refractivity contribution < 1.29 is 9.59 Å². The van der Waals surface area contributed by atoms with Gasteiger partial charge in [0.15, 0.2) is 0 Å². The molecule has 0 atom stereocenters. The average Bonchev–Trinajstić information content (AvgIpc) is 2.64. The molecule has 1 aromatic carbocycles. The molecule has 0 radical (unpaired) electrons. The number of urea groups is 1. The van der Waals surface area contributed by atoms with Gasteiger partial charge in [-0.25, -0.2) is 4.79 Å². The zero-order valence-electron chi connectivity index (χ0n) is 13.0. The second-order valence-corrected chi connectivity index (χ2v) is 5.87. The maximum absolute atomic E-state index is 12.3. The number of rotatable bonds is 2. The smallest absolute Gasteiger partial charge is 0.321 e. The second-order valence-electron chi connectivity index (χ2n) is 5.43. The molecule has 0 saturated carbocycles. The van der Waals surface area contributed by atoms with Crippen molar-refractivity contribution in [3.05, 3.63) is 59.4 Å². The van der Waals surface area contributed by atoms with Gasteiger partial charge in [0.1, 0.15) is 5.69 Å². The van der Waals surface area contributed by atoms with E-state index in [2.05, 4.69) is 10.3 Å². The molecule has 1 fully saturated rings. The van der Waals surface area contributed by atoms with Gasteiger partial charge >= 0.3 is 6.03 Å². The number of nitrogens with one attached hydrogen (secondary N) is 1. The molecule has 7 heteroatoms. The fourth-order valence-electron chi connectivity index (χ4n) is 2.50. The molecule has 3 rings (SSSR count). The molecule has 1 aliphatic heterocycles. The number of amides is 3. The van der Waals surface area contributed by atoms with E-state index in [1.807, 2.05) is 0 Å². The highest BCUT2D eigenvalue weighted by atomic mass is 35.5. The minimum atomic E-state index is -0.178. The molecule has 0 unspecified atom stereocenters. The average molecular weight is 345 g/mol. The van der Waals surface area contributed by atoms with Crippen molar-refractivity contribution in [2.45, 2.75) is 0 Å². The third-order valence-corrected chi connectivity index (χ3v) is 4.09. The summed E-state index contributed by atoms with van der Waals surface area (Å²) in [6, 6.07) is 12.0. The maximum atomic E-state index is 12.3. The Labute approximate surface area is 145 Å². The van der Waals surface area contributed by atoms with E-state index in [1.54, 1.807) is 58.5 Å². The standard InChI is InChI=1S/C17H17ClN4O2/c18-13-4-6-14(7-5-13)20-17(24)22-11-9-21(10-12-22)16(23)15-3-1-2-8-19-15/h1-8H,9-12H2,(H,20,24). The van der Waals surface area contributed by atoms with Gasteiger partial charge in [-0.15, -0.1) is 0 Å². The van der Waals surface area contributed by atoms with Crippen LogP contribution in [0.15, 0.2) is 48.7 Å². The van der Waals surface area contributed by atoms with E-state index in [9.17, 15) is 9.59 Å². The first kappa shape index (κ1) is 16.3. The number of halogens is 1. The van der Waals surface area contributed by atoms with Crippen LogP contribution in [0, 0.1) is 0 Å². The summed E-state index contributed by atoms with van der Waals surface area (Å²) in [7, 11) is 0. The van der Waals surface area contributed by atoms with Crippen molar-refractivity contribution in [1.82, 2.24) is 14.8 Å². The molecule has 2 aromatic rings. The Balaban J connectivity index is 1.54. The van der Waals surface area contributed by atoms with E-state index < -0.39 is 0 Å². The number of benzene rings is 1. The summed E-state index contributed by atoms with van der Waals surface area (Å²) in [6.45, 7) is 1.95. The number of hydrogen-bond acceptors (Lipinski definition) is 3. The van der Waals surface area contributed by atoms with Crippen LogP contribution in [-0.2, 0) is 0 Å². The number of hydrogen-bond donors (Lipinski definition) is 1. The molecule has 1 saturated heterocycles. The summed E-state index contributed by atoms with van der Waals surface area (Å²) in [5.41, 5.74) is 1.12. The Kier molecular flexibility index (Phi) is 4.96. The lowest BCUT2D eigenvalue weighted by molar-refractivity contribution is 0.0666. The maximum Gasteiger partial charge on any atom is 0.321 e. The zero-order valence-corrected chi connectivity index (χ0v) is 13.7. The minimum Gasteiger partial charge on any atom is -0.334 e. The van der Waals surface area contributed by atoms with Gasteiger partial charge < -0.3 is 15.1 Å². The van der Waals surface area contributed by atoms with Crippen molar-refractivity contribution in [3.63, 3.8) is 0 Å². The Hall–Kier alpha value is -2.60. The number of carbonyl (C=O) groups is 2. The summed E-state index contributed by atoms with van der Waals surface area (Å²) < 4.78 is 0. The third-order valence-electron chi connectivity index (χ3n) is 3.83. The molecule has 2 heterocycles. The minimum absolute atomic E-state index is 0.103. The summed E-state index contributed by atoms with van der Waals surface area (Å²) in [6.07, 6.45) is 1.60. The number of pyridine rings is 1. The lowest BCUT2D eigenvalue weighted by Gasteiger charge is -2.34. The van der Waals surface area contributed by atoms with Crippen LogP contribution < -0.4 is 5.32 Å². The van der Waals surface area contributed by atoms with E-state index >= 15 is 0 Å². The van der Waals surface area contributed by atoms with Gasteiger partial charge in [0.25, 0.3) is 5.91 Å². The molecule has 1 N–H and O–H groups in total. The largest absolute Gasteiger partial charge is 0.334 e. The SMILES string of the molecule is O=C(Nc1ccc(Cl)cc1)N1CCN(C(=O)c2ccccn2)CC1. The molecule has 0 aliphatic carbocycles. The fourth-order valence-corrected chi connectivity index (χ4v) is 2.63. The van der Waals surface area contributed by atoms with E-state index in [0.717, 1.165) is 0 Å². The zero-order chi connectivity index (χ0) is 16.9. The van der Waals surface area contributed by atoms with E-state index in [-0.39, 0.29) is 11.9 Å². The van der Waals surface area contributed by atoms with Gasteiger partial charge in [0.05, 0.1) is 0 Å². The highest BCUT2D eigenvalue weighted by Gasteiger charge is 2.25. The van der Waals surface area contributed by atoms with E-state index in [1.165, 1.54) is 0 Å². The van der Waals surface area contributed by atoms with Gasteiger partial charge in [-0.2, -0.15) is 0 Å². The van der Waals surface area contributed by atoms with Gasteiger partial charge in [0.2, 0.25) is 0 Å². The molecule has 6 nitrogen and oxygen atoms in total. The van der Waals surface area contributed by atoms with Crippen LogP contribution in [0.5, 0.6) is 0 Å². The van der Waals surface area contributed by atoms with Crippen LogP contribution in [0.4, 0.5) is 10.5 Å². The fraction of sp³-hybridized carbons (Fsp3) is 0.235. The normalized spacial score (nSPS) is 14.4. The number of nitrogens with zero attached hydrogens (tertiary/aromatic N) is 3. The molecule has 3 amide bonds. The van der Waals surface area contributed by atoms with Crippen molar-refractivity contribution in [2.24, 2.45) is 0 Å². The summed E-state index contributed by atoms with van der Waals surface area (Å²) in [4.78, 5) is 32.1. The van der Waals surface area contributed by atoms with Crippen LogP contribution in [0.25, 0.3) is 0 Å². The molecule has 0 spiro atoms. The van der Waals surface area contributed by atoms with Gasteiger partial charge in [-0.1, -0.05) is 17.7 Å². The predicted molar refractivity (Wildman–Crippen MR) is 92.2 cm³/mol. The van der Waals surface area contributed by atoms with Gasteiger partial charge in [0, 0.05) is 43.1 Å². The van der Waals surface area contributed by atoms with E-state index in [4.69, 9.17) is 11.6 Å². The second kappa shape index (κ2) is 7.31. The quantitative estimate of drug-likeness (QED) is 0.911. The Morgan fingerprint density at radius 2 is 1.62 bits per heavy atom. The van der Waals surface area contributed by atoms with Crippen molar-refractivity contribution in [1.29, 1.82) is 0 Å².